The van der Waals surface area contributed by atoms with Crippen LogP contribution in [0.4, 0.5) is 4.79 Å². The normalized spacial score (nSPS) is 16.9. The Bertz CT molecular complexity index is 870. The number of fused-ring (bicyclic) bond motifs is 3. The minimum Gasteiger partial charge on any atom is -0.450 e. The zero-order valence-electron chi connectivity index (χ0n) is 13.7. The van der Waals surface area contributed by atoms with Crippen LogP contribution in [-0.4, -0.2) is 29.1 Å². The lowest BCUT2D eigenvalue weighted by molar-refractivity contribution is 0.0932. The molecule has 1 N–H and O–H groups in total. The van der Waals surface area contributed by atoms with Crippen molar-refractivity contribution in [1.82, 2.24) is 9.88 Å². The minimum atomic E-state index is -0.254. The van der Waals surface area contributed by atoms with Crippen molar-refractivity contribution in [3.8, 4) is 0 Å². The Morgan fingerprint density at radius 3 is 2.71 bits per heavy atom. The van der Waals surface area contributed by atoms with E-state index in [1.54, 1.807) is 0 Å². The molecule has 0 aliphatic carbocycles. The van der Waals surface area contributed by atoms with Gasteiger partial charge in [-0.1, -0.05) is 48.5 Å². The van der Waals surface area contributed by atoms with Gasteiger partial charge in [0.15, 0.2) is 0 Å². The average molecular weight is 320 g/mol. The molecule has 0 spiro atoms. The van der Waals surface area contributed by atoms with Gasteiger partial charge in [0.25, 0.3) is 0 Å². The third kappa shape index (κ3) is 2.35. The number of nitrogens with zero attached hydrogens (tertiary/aromatic N) is 1. The van der Waals surface area contributed by atoms with Gasteiger partial charge in [0.2, 0.25) is 0 Å². The second kappa shape index (κ2) is 6.04. The molecule has 122 valence electrons. The molecule has 4 heteroatoms. The van der Waals surface area contributed by atoms with Gasteiger partial charge in [-0.3, -0.25) is 4.90 Å². The number of amides is 1. The molecule has 1 unspecified atom stereocenters. The lowest BCUT2D eigenvalue weighted by atomic mass is 9.93. The van der Waals surface area contributed by atoms with E-state index in [2.05, 4.69) is 35.3 Å². The Morgan fingerprint density at radius 1 is 1.17 bits per heavy atom. The summed E-state index contributed by atoms with van der Waals surface area (Å²) >= 11 is 0. The van der Waals surface area contributed by atoms with Crippen LogP contribution in [0.25, 0.3) is 10.9 Å². The molecular weight excluding hydrogens is 300 g/mol. The molecule has 1 aliphatic rings. The van der Waals surface area contributed by atoms with Crippen LogP contribution in [0.15, 0.2) is 54.6 Å². The van der Waals surface area contributed by atoms with Gasteiger partial charge in [-0.15, -0.1) is 0 Å². The van der Waals surface area contributed by atoms with Crippen LogP contribution in [0.2, 0.25) is 0 Å². The van der Waals surface area contributed by atoms with Crippen molar-refractivity contribution in [2.45, 2.75) is 19.4 Å². The van der Waals surface area contributed by atoms with Crippen LogP contribution in [0.3, 0.4) is 0 Å². The summed E-state index contributed by atoms with van der Waals surface area (Å²) < 4.78 is 5.30. The summed E-state index contributed by atoms with van der Waals surface area (Å²) in [7, 11) is 0. The van der Waals surface area contributed by atoms with E-state index in [1.807, 2.05) is 36.1 Å². The quantitative estimate of drug-likeness (QED) is 0.766. The van der Waals surface area contributed by atoms with Gasteiger partial charge in [-0.2, -0.15) is 0 Å². The first-order valence-corrected chi connectivity index (χ1v) is 8.37. The van der Waals surface area contributed by atoms with Crippen molar-refractivity contribution in [3.05, 3.63) is 71.4 Å². The number of benzene rings is 2. The monoisotopic (exact) mass is 320 g/mol. The highest BCUT2D eigenvalue weighted by molar-refractivity contribution is 5.86. The number of rotatable bonds is 2. The van der Waals surface area contributed by atoms with E-state index in [9.17, 15) is 4.79 Å². The third-order valence-electron chi connectivity index (χ3n) is 4.65. The lowest BCUT2D eigenvalue weighted by Gasteiger charge is -2.35. The molecule has 1 aliphatic heterocycles. The number of aromatic nitrogens is 1. The molecule has 1 aromatic heterocycles. The first-order valence-electron chi connectivity index (χ1n) is 8.37. The Kier molecular flexibility index (Phi) is 3.73. The number of hydrogen-bond acceptors (Lipinski definition) is 2. The van der Waals surface area contributed by atoms with Crippen LogP contribution >= 0.6 is 0 Å². The number of carbonyl (C=O) groups is 1. The van der Waals surface area contributed by atoms with Crippen LogP contribution in [0.1, 0.15) is 29.8 Å². The summed E-state index contributed by atoms with van der Waals surface area (Å²) in [4.78, 5) is 17.9. The molecule has 1 atom stereocenters. The van der Waals surface area contributed by atoms with Crippen molar-refractivity contribution in [3.63, 3.8) is 0 Å². The lowest BCUT2D eigenvalue weighted by Crippen LogP contribution is -2.40. The molecule has 0 saturated carbocycles. The molecule has 3 aromatic rings. The van der Waals surface area contributed by atoms with Gasteiger partial charge in [0.1, 0.15) is 6.04 Å². The van der Waals surface area contributed by atoms with Crippen molar-refractivity contribution >= 4 is 17.0 Å². The molecule has 0 saturated heterocycles. The minimum absolute atomic E-state index is 0.138. The topological polar surface area (TPSA) is 45.3 Å². The fraction of sp³-hybridized carbons (Fsp3) is 0.250. The Morgan fingerprint density at radius 2 is 1.92 bits per heavy atom. The highest BCUT2D eigenvalue weighted by atomic mass is 16.6. The summed E-state index contributed by atoms with van der Waals surface area (Å²) in [5.74, 6) is 0. The molecule has 4 rings (SSSR count). The van der Waals surface area contributed by atoms with E-state index in [4.69, 9.17) is 4.74 Å². The Labute approximate surface area is 141 Å². The predicted molar refractivity (Wildman–Crippen MR) is 94.0 cm³/mol. The number of H-pyrrole nitrogens is 1. The molecule has 0 fully saturated rings. The fourth-order valence-electron chi connectivity index (χ4n) is 3.63. The molecule has 0 radical (unpaired) electrons. The maximum absolute atomic E-state index is 12.5. The second-order valence-corrected chi connectivity index (χ2v) is 6.02. The predicted octanol–water partition coefficient (Wildman–Crippen LogP) is 4.27. The number of para-hydroxylation sites is 1. The summed E-state index contributed by atoms with van der Waals surface area (Å²) in [5.41, 5.74) is 4.62. The summed E-state index contributed by atoms with van der Waals surface area (Å²) in [6.07, 6.45) is 0.581. The fourth-order valence-corrected chi connectivity index (χ4v) is 3.63. The van der Waals surface area contributed by atoms with E-state index in [0.717, 1.165) is 23.2 Å². The Balaban J connectivity index is 1.87. The zero-order chi connectivity index (χ0) is 16.5. The average Bonchev–Trinajstić information content (AvgIpc) is 3.00. The number of aromatic amines is 1. The summed E-state index contributed by atoms with van der Waals surface area (Å²) in [6, 6.07) is 18.3. The van der Waals surface area contributed by atoms with E-state index in [1.165, 1.54) is 10.9 Å². The smallest absolute Gasteiger partial charge is 0.410 e. The standard InChI is InChI=1S/C20H20N2O2/c1-2-24-20(23)22-13-12-16-15-10-6-7-11-17(15)21-18(16)19(22)14-8-4-3-5-9-14/h3-11,19,21H,2,12-13H2,1H3. The zero-order valence-corrected chi connectivity index (χ0v) is 13.7. The molecule has 2 heterocycles. The number of carbonyl (C=O) groups excluding carboxylic acids is 1. The molecule has 0 bridgehead atoms. The number of hydrogen-bond donors (Lipinski definition) is 1. The third-order valence-corrected chi connectivity index (χ3v) is 4.65. The van der Waals surface area contributed by atoms with Gasteiger partial charge < -0.3 is 9.72 Å². The van der Waals surface area contributed by atoms with Gasteiger partial charge in [0.05, 0.1) is 6.61 Å². The van der Waals surface area contributed by atoms with Crippen LogP contribution in [-0.2, 0) is 11.2 Å². The van der Waals surface area contributed by atoms with Gasteiger partial charge >= 0.3 is 6.09 Å². The highest BCUT2D eigenvalue weighted by Gasteiger charge is 2.35. The molecular formula is C20H20N2O2. The Hall–Kier alpha value is -2.75. The van der Waals surface area contributed by atoms with Crippen molar-refractivity contribution < 1.29 is 9.53 Å². The van der Waals surface area contributed by atoms with E-state index in [-0.39, 0.29) is 12.1 Å². The number of ether oxygens (including phenoxy) is 1. The number of nitrogens with one attached hydrogen (secondary N) is 1. The van der Waals surface area contributed by atoms with E-state index < -0.39 is 0 Å². The molecule has 4 nitrogen and oxygen atoms in total. The second-order valence-electron chi connectivity index (χ2n) is 6.02. The largest absolute Gasteiger partial charge is 0.450 e. The van der Waals surface area contributed by atoms with Crippen molar-refractivity contribution in [1.29, 1.82) is 0 Å². The first kappa shape index (κ1) is 14.8. The maximum Gasteiger partial charge on any atom is 0.410 e. The van der Waals surface area contributed by atoms with Crippen molar-refractivity contribution in [2.75, 3.05) is 13.2 Å². The molecule has 2 aromatic carbocycles. The molecule has 1 amide bonds. The van der Waals surface area contributed by atoms with Gasteiger partial charge in [-0.05, 0) is 30.5 Å². The van der Waals surface area contributed by atoms with E-state index >= 15 is 0 Å². The summed E-state index contributed by atoms with van der Waals surface area (Å²) in [6.45, 7) is 2.89. The molecule has 24 heavy (non-hydrogen) atoms. The highest BCUT2D eigenvalue weighted by Crippen LogP contribution is 2.38. The SMILES string of the molecule is CCOC(=O)N1CCc2c([nH]c3ccccc23)C1c1ccccc1. The van der Waals surface area contributed by atoms with Crippen LogP contribution < -0.4 is 0 Å². The van der Waals surface area contributed by atoms with Crippen LogP contribution in [0.5, 0.6) is 0 Å². The maximum atomic E-state index is 12.5. The van der Waals surface area contributed by atoms with Crippen molar-refractivity contribution in [2.24, 2.45) is 0 Å². The van der Waals surface area contributed by atoms with Gasteiger partial charge in [-0.25, -0.2) is 4.79 Å². The van der Waals surface area contributed by atoms with Crippen LogP contribution in [0, 0.1) is 0 Å². The first-order chi connectivity index (χ1) is 11.8. The summed E-state index contributed by atoms with van der Waals surface area (Å²) in [5, 5.41) is 1.25. The van der Waals surface area contributed by atoms with E-state index in [0.29, 0.717) is 13.2 Å². The van der Waals surface area contributed by atoms with Gasteiger partial charge in [0, 0.05) is 23.1 Å².